The van der Waals surface area contributed by atoms with Crippen LogP contribution < -0.4 is 5.43 Å². The quantitative estimate of drug-likeness (QED) is 0.662. The Balaban J connectivity index is 1.70. The van der Waals surface area contributed by atoms with E-state index in [1.165, 1.54) is 0 Å². The molecular weight excluding hydrogens is 332 g/mol. The van der Waals surface area contributed by atoms with E-state index in [-0.39, 0.29) is 5.91 Å². The van der Waals surface area contributed by atoms with Crippen molar-refractivity contribution in [2.24, 2.45) is 5.10 Å². The summed E-state index contributed by atoms with van der Waals surface area (Å²) in [4.78, 5) is 12.1. The van der Waals surface area contributed by atoms with Gasteiger partial charge in [0.2, 0.25) is 0 Å². The van der Waals surface area contributed by atoms with Gasteiger partial charge >= 0.3 is 0 Å². The van der Waals surface area contributed by atoms with Crippen molar-refractivity contribution in [2.45, 2.75) is 25.7 Å². The van der Waals surface area contributed by atoms with E-state index in [0.29, 0.717) is 5.69 Å². The summed E-state index contributed by atoms with van der Waals surface area (Å²) in [5, 5.41) is 11.1. The fourth-order valence-corrected chi connectivity index (χ4v) is 2.85. The SMILES string of the molecule is O=C(N/N=C\c1ccccc1Br)c1n[nH]c2c1CCCC2. The monoisotopic (exact) mass is 346 g/mol. The maximum absolute atomic E-state index is 12.1. The Labute approximate surface area is 131 Å². The standard InChI is InChI=1S/C15H15BrN4O/c16-12-7-3-1-5-10(12)9-17-20-15(21)14-11-6-2-4-8-13(11)18-19-14/h1,3,5,7,9H,2,4,6,8H2,(H,18,19)(H,20,21)/b17-9-. The number of aryl methyl sites for hydroxylation is 1. The molecule has 1 aromatic carbocycles. The molecule has 1 heterocycles. The van der Waals surface area contributed by atoms with Crippen LogP contribution in [0.1, 0.15) is 40.2 Å². The lowest BCUT2D eigenvalue weighted by Crippen LogP contribution is -2.20. The number of carbonyl (C=O) groups excluding carboxylic acids is 1. The number of halogens is 1. The van der Waals surface area contributed by atoms with Crippen molar-refractivity contribution in [3.63, 3.8) is 0 Å². The first-order chi connectivity index (χ1) is 10.3. The largest absolute Gasteiger partial charge is 0.292 e. The molecule has 0 unspecified atom stereocenters. The Hall–Kier alpha value is -1.95. The molecule has 0 atom stereocenters. The molecule has 6 heteroatoms. The van der Waals surface area contributed by atoms with Crippen LogP contribution in [0.15, 0.2) is 33.8 Å². The first-order valence-corrected chi connectivity index (χ1v) is 7.69. The molecule has 108 valence electrons. The van der Waals surface area contributed by atoms with Crippen LogP contribution in [0.4, 0.5) is 0 Å². The van der Waals surface area contributed by atoms with Crippen LogP contribution in [0.25, 0.3) is 0 Å². The van der Waals surface area contributed by atoms with E-state index in [4.69, 9.17) is 0 Å². The number of hydrogen-bond donors (Lipinski definition) is 2. The summed E-state index contributed by atoms with van der Waals surface area (Å²) in [7, 11) is 0. The number of nitrogens with zero attached hydrogens (tertiary/aromatic N) is 2. The van der Waals surface area contributed by atoms with Crippen molar-refractivity contribution < 1.29 is 4.79 Å². The molecule has 0 saturated carbocycles. The van der Waals surface area contributed by atoms with Crippen molar-refractivity contribution in [1.82, 2.24) is 15.6 Å². The van der Waals surface area contributed by atoms with Crippen LogP contribution in [-0.4, -0.2) is 22.3 Å². The first-order valence-electron chi connectivity index (χ1n) is 6.90. The highest BCUT2D eigenvalue weighted by Crippen LogP contribution is 2.21. The van der Waals surface area contributed by atoms with Crippen LogP contribution in [0.5, 0.6) is 0 Å². The van der Waals surface area contributed by atoms with Gasteiger partial charge in [-0.3, -0.25) is 9.89 Å². The molecule has 0 aliphatic heterocycles. The van der Waals surface area contributed by atoms with Crippen LogP contribution in [0.2, 0.25) is 0 Å². The van der Waals surface area contributed by atoms with E-state index in [0.717, 1.165) is 47.0 Å². The predicted octanol–water partition coefficient (Wildman–Crippen LogP) is 2.81. The van der Waals surface area contributed by atoms with Gasteiger partial charge in [0.05, 0.1) is 6.21 Å². The fourth-order valence-electron chi connectivity index (χ4n) is 2.46. The molecule has 0 saturated heterocycles. The third-order valence-electron chi connectivity index (χ3n) is 3.55. The smallest absolute Gasteiger partial charge is 0.281 e. The third-order valence-corrected chi connectivity index (χ3v) is 4.27. The molecule has 5 nitrogen and oxygen atoms in total. The van der Waals surface area contributed by atoms with Gasteiger partial charge in [-0.2, -0.15) is 10.2 Å². The molecule has 0 radical (unpaired) electrons. The fraction of sp³-hybridized carbons (Fsp3) is 0.267. The van der Waals surface area contributed by atoms with Crippen molar-refractivity contribution in [1.29, 1.82) is 0 Å². The molecule has 0 spiro atoms. The summed E-state index contributed by atoms with van der Waals surface area (Å²) >= 11 is 3.43. The van der Waals surface area contributed by atoms with E-state index in [1.54, 1.807) is 6.21 Å². The van der Waals surface area contributed by atoms with Gasteiger partial charge in [0, 0.05) is 21.3 Å². The van der Waals surface area contributed by atoms with Crippen LogP contribution in [0.3, 0.4) is 0 Å². The summed E-state index contributed by atoms with van der Waals surface area (Å²) in [5.74, 6) is -0.266. The maximum atomic E-state index is 12.1. The Bertz CT molecular complexity index is 693. The van der Waals surface area contributed by atoms with E-state index in [1.807, 2.05) is 24.3 Å². The third kappa shape index (κ3) is 3.05. The number of H-pyrrole nitrogens is 1. The molecule has 2 N–H and O–H groups in total. The number of aromatic nitrogens is 2. The van der Waals surface area contributed by atoms with Gasteiger partial charge in [0.1, 0.15) is 0 Å². The van der Waals surface area contributed by atoms with Gasteiger partial charge < -0.3 is 0 Å². The zero-order valence-electron chi connectivity index (χ0n) is 11.4. The lowest BCUT2D eigenvalue weighted by atomic mass is 9.96. The van der Waals surface area contributed by atoms with Crippen molar-refractivity contribution >= 4 is 28.1 Å². The number of amides is 1. The van der Waals surface area contributed by atoms with Crippen LogP contribution >= 0.6 is 15.9 Å². The topological polar surface area (TPSA) is 70.1 Å². The maximum Gasteiger partial charge on any atom is 0.292 e. The molecule has 2 aromatic rings. The molecule has 3 rings (SSSR count). The Kier molecular flexibility index (Phi) is 4.15. The summed E-state index contributed by atoms with van der Waals surface area (Å²) in [6.45, 7) is 0. The number of nitrogens with one attached hydrogen (secondary N) is 2. The number of hydrazone groups is 1. The Morgan fingerprint density at radius 2 is 2.14 bits per heavy atom. The molecule has 21 heavy (non-hydrogen) atoms. The Morgan fingerprint density at radius 3 is 3.00 bits per heavy atom. The zero-order valence-corrected chi connectivity index (χ0v) is 13.0. The second kappa shape index (κ2) is 6.22. The second-order valence-corrected chi connectivity index (χ2v) is 5.81. The highest BCUT2D eigenvalue weighted by molar-refractivity contribution is 9.10. The summed E-state index contributed by atoms with van der Waals surface area (Å²) in [6.07, 6.45) is 5.74. The first kappa shape index (κ1) is 14.0. The predicted molar refractivity (Wildman–Crippen MR) is 84.4 cm³/mol. The van der Waals surface area contributed by atoms with Crippen molar-refractivity contribution in [3.05, 3.63) is 51.3 Å². The minimum atomic E-state index is -0.266. The van der Waals surface area contributed by atoms with E-state index in [2.05, 4.69) is 36.7 Å². The summed E-state index contributed by atoms with van der Waals surface area (Å²) in [5.41, 5.74) is 6.03. The van der Waals surface area contributed by atoms with Gasteiger partial charge in [-0.15, -0.1) is 0 Å². The average Bonchev–Trinajstić information content (AvgIpc) is 2.93. The second-order valence-electron chi connectivity index (χ2n) is 4.96. The number of carbonyl (C=O) groups is 1. The zero-order chi connectivity index (χ0) is 14.7. The molecule has 1 aromatic heterocycles. The number of rotatable bonds is 3. The lowest BCUT2D eigenvalue weighted by molar-refractivity contribution is 0.0949. The van der Waals surface area contributed by atoms with E-state index >= 15 is 0 Å². The molecule has 1 aliphatic rings. The highest BCUT2D eigenvalue weighted by Gasteiger charge is 2.21. The number of benzene rings is 1. The molecule has 1 amide bonds. The lowest BCUT2D eigenvalue weighted by Gasteiger charge is -2.10. The van der Waals surface area contributed by atoms with Crippen LogP contribution in [0, 0.1) is 0 Å². The number of aromatic amines is 1. The van der Waals surface area contributed by atoms with Gasteiger partial charge in [0.15, 0.2) is 5.69 Å². The number of hydrogen-bond acceptors (Lipinski definition) is 3. The number of fused-ring (bicyclic) bond motifs is 1. The average molecular weight is 347 g/mol. The van der Waals surface area contributed by atoms with Gasteiger partial charge in [0.25, 0.3) is 5.91 Å². The van der Waals surface area contributed by atoms with Gasteiger partial charge in [-0.25, -0.2) is 5.43 Å². The molecular formula is C15H15BrN4O. The normalized spacial score (nSPS) is 14.1. The molecule has 0 fully saturated rings. The van der Waals surface area contributed by atoms with Gasteiger partial charge in [-0.05, 0) is 31.7 Å². The molecule has 0 bridgehead atoms. The van der Waals surface area contributed by atoms with E-state index in [9.17, 15) is 4.79 Å². The summed E-state index contributed by atoms with van der Waals surface area (Å²) in [6, 6.07) is 7.68. The minimum absolute atomic E-state index is 0.266. The molecule has 1 aliphatic carbocycles. The van der Waals surface area contributed by atoms with E-state index < -0.39 is 0 Å². The van der Waals surface area contributed by atoms with Crippen molar-refractivity contribution in [3.8, 4) is 0 Å². The van der Waals surface area contributed by atoms with Gasteiger partial charge in [-0.1, -0.05) is 34.1 Å². The highest BCUT2D eigenvalue weighted by atomic mass is 79.9. The minimum Gasteiger partial charge on any atom is -0.281 e. The van der Waals surface area contributed by atoms with Crippen LogP contribution in [-0.2, 0) is 12.8 Å². The summed E-state index contributed by atoms with van der Waals surface area (Å²) < 4.78 is 0.931. The van der Waals surface area contributed by atoms with Crippen molar-refractivity contribution in [2.75, 3.05) is 0 Å². The Morgan fingerprint density at radius 1 is 1.33 bits per heavy atom.